The Balaban J connectivity index is 2.01. The fraction of sp³-hybridized carbons (Fsp3) is 0.400. The summed E-state index contributed by atoms with van der Waals surface area (Å²) >= 11 is 4.96. The number of carbonyl (C=O) groups is 2. The maximum absolute atomic E-state index is 12.1. The molecular weight excluding hydrogens is 286 g/mol. The van der Waals surface area contributed by atoms with Crippen molar-refractivity contribution in [2.75, 3.05) is 18.4 Å². The molecule has 2 rings (SSSR count). The molecule has 2 amide bonds. The number of hydrogen-bond acceptors (Lipinski definition) is 3. The van der Waals surface area contributed by atoms with E-state index in [9.17, 15) is 9.59 Å². The molecule has 3 N–H and O–H groups in total. The third-order valence-electron chi connectivity index (χ3n) is 3.47. The zero-order chi connectivity index (χ0) is 15.2. The van der Waals surface area contributed by atoms with Crippen molar-refractivity contribution >= 4 is 34.7 Å². The first-order valence-corrected chi connectivity index (χ1v) is 7.45. The lowest BCUT2D eigenvalue weighted by atomic mass is 10.2. The third kappa shape index (κ3) is 4.26. The first kappa shape index (κ1) is 15.4. The molecule has 0 bridgehead atoms. The molecule has 1 aromatic rings. The van der Waals surface area contributed by atoms with Gasteiger partial charge in [0, 0.05) is 18.5 Å². The van der Waals surface area contributed by atoms with E-state index in [1.54, 1.807) is 23.1 Å². The van der Waals surface area contributed by atoms with E-state index in [2.05, 4.69) is 5.32 Å². The lowest BCUT2D eigenvalue weighted by Gasteiger charge is -2.20. The van der Waals surface area contributed by atoms with Crippen LogP contribution in [0.2, 0.25) is 0 Å². The smallest absolute Gasteiger partial charge is 0.244 e. The molecule has 0 unspecified atom stereocenters. The molecule has 0 aliphatic carbocycles. The fourth-order valence-electron chi connectivity index (χ4n) is 2.38. The van der Waals surface area contributed by atoms with E-state index in [1.807, 2.05) is 6.07 Å². The second-order valence-corrected chi connectivity index (χ2v) is 5.52. The molecule has 0 spiro atoms. The van der Waals surface area contributed by atoms with Crippen LogP contribution in [-0.2, 0) is 9.59 Å². The van der Waals surface area contributed by atoms with Crippen molar-refractivity contribution in [3.05, 3.63) is 29.8 Å². The van der Waals surface area contributed by atoms with E-state index in [-0.39, 0.29) is 23.3 Å². The van der Waals surface area contributed by atoms with E-state index < -0.39 is 0 Å². The average Bonchev–Trinajstić information content (AvgIpc) is 2.64. The summed E-state index contributed by atoms with van der Waals surface area (Å²) in [6.07, 6.45) is 3.41. The van der Waals surface area contributed by atoms with Crippen molar-refractivity contribution < 1.29 is 9.59 Å². The Hall–Kier alpha value is -1.95. The van der Waals surface area contributed by atoms with Crippen LogP contribution in [0.15, 0.2) is 24.3 Å². The second kappa shape index (κ2) is 7.17. The quantitative estimate of drug-likeness (QED) is 0.830. The lowest BCUT2D eigenvalue weighted by molar-refractivity contribution is -0.134. The number of nitrogens with two attached hydrogens (primary N) is 1. The summed E-state index contributed by atoms with van der Waals surface area (Å²) in [5.41, 5.74) is 6.84. The van der Waals surface area contributed by atoms with Gasteiger partial charge in [-0.05, 0) is 25.0 Å². The first-order chi connectivity index (χ1) is 10.1. The molecule has 0 saturated carbocycles. The van der Waals surface area contributed by atoms with Crippen LogP contribution in [0, 0.1) is 0 Å². The summed E-state index contributed by atoms with van der Waals surface area (Å²) in [6, 6.07) is 7.11. The summed E-state index contributed by atoms with van der Waals surface area (Å²) in [6.45, 7) is 0.716. The van der Waals surface area contributed by atoms with Gasteiger partial charge < -0.3 is 16.0 Å². The number of rotatable bonds is 4. The molecule has 1 aliphatic heterocycles. The molecule has 112 valence electrons. The van der Waals surface area contributed by atoms with Crippen LogP contribution in [0.5, 0.6) is 0 Å². The summed E-state index contributed by atoms with van der Waals surface area (Å²) in [7, 11) is 0. The third-order valence-corrected chi connectivity index (χ3v) is 3.69. The minimum absolute atomic E-state index is 0.0466. The number of thiocarbonyl (C=S) groups is 1. The normalized spacial score (nSPS) is 15.4. The monoisotopic (exact) mass is 305 g/mol. The van der Waals surface area contributed by atoms with Crippen LogP contribution in [-0.4, -0.2) is 34.8 Å². The number of anilines is 1. The molecular formula is C15H19N3O2S. The number of nitrogens with one attached hydrogen (secondary N) is 1. The topological polar surface area (TPSA) is 75.4 Å². The van der Waals surface area contributed by atoms with Crippen LogP contribution >= 0.6 is 12.2 Å². The minimum Gasteiger partial charge on any atom is -0.389 e. The van der Waals surface area contributed by atoms with Crippen molar-refractivity contribution in [3.63, 3.8) is 0 Å². The van der Waals surface area contributed by atoms with E-state index >= 15 is 0 Å². The van der Waals surface area contributed by atoms with E-state index in [0.29, 0.717) is 24.2 Å². The van der Waals surface area contributed by atoms with Crippen molar-refractivity contribution in [1.82, 2.24) is 4.90 Å². The van der Waals surface area contributed by atoms with E-state index in [4.69, 9.17) is 18.0 Å². The number of nitrogens with zero attached hydrogens (tertiary/aromatic N) is 1. The summed E-state index contributed by atoms with van der Waals surface area (Å²) in [5, 5.41) is 2.78. The lowest BCUT2D eigenvalue weighted by Crippen LogP contribution is -2.37. The number of amides is 2. The Labute approximate surface area is 129 Å². The molecule has 5 nitrogen and oxygen atoms in total. The molecule has 1 saturated heterocycles. The van der Waals surface area contributed by atoms with Crippen LogP contribution < -0.4 is 11.1 Å². The maximum Gasteiger partial charge on any atom is 0.244 e. The molecule has 1 aliphatic rings. The highest BCUT2D eigenvalue weighted by atomic mass is 32.1. The van der Waals surface area contributed by atoms with Crippen molar-refractivity contribution in [3.8, 4) is 0 Å². The van der Waals surface area contributed by atoms with Crippen LogP contribution in [0.3, 0.4) is 0 Å². The molecule has 0 atom stereocenters. The summed E-state index contributed by atoms with van der Waals surface area (Å²) < 4.78 is 0. The Morgan fingerprint density at radius 1 is 1.29 bits per heavy atom. The molecule has 0 aromatic heterocycles. The highest BCUT2D eigenvalue weighted by Gasteiger charge is 2.19. The zero-order valence-electron chi connectivity index (χ0n) is 11.8. The number of carbonyl (C=O) groups excluding carboxylic acids is 2. The zero-order valence-corrected chi connectivity index (χ0v) is 12.6. The van der Waals surface area contributed by atoms with Gasteiger partial charge in [-0.2, -0.15) is 0 Å². The van der Waals surface area contributed by atoms with Gasteiger partial charge in [0.1, 0.15) is 4.99 Å². The minimum atomic E-state index is -0.228. The first-order valence-electron chi connectivity index (χ1n) is 7.04. The van der Waals surface area contributed by atoms with Gasteiger partial charge in [-0.1, -0.05) is 30.8 Å². The van der Waals surface area contributed by atoms with Crippen molar-refractivity contribution in [1.29, 1.82) is 0 Å². The molecule has 1 aromatic carbocycles. The van der Waals surface area contributed by atoms with Crippen LogP contribution in [0.25, 0.3) is 0 Å². The average molecular weight is 305 g/mol. The molecule has 1 heterocycles. The summed E-state index contributed by atoms with van der Waals surface area (Å²) in [4.78, 5) is 25.9. The predicted octanol–water partition coefficient (Wildman–Crippen LogP) is 1.66. The fourth-order valence-corrected chi connectivity index (χ4v) is 2.55. The van der Waals surface area contributed by atoms with E-state index in [0.717, 1.165) is 19.3 Å². The molecule has 6 heteroatoms. The van der Waals surface area contributed by atoms with Crippen LogP contribution in [0.4, 0.5) is 5.69 Å². The number of hydrogen-bond donors (Lipinski definition) is 2. The van der Waals surface area contributed by atoms with Gasteiger partial charge in [0.15, 0.2) is 0 Å². The van der Waals surface area contributed by atoms with Gasteiger partial charge in [0.25, 0.3) is 0 Å². The Morgan fingerprint density at radius 3 is 2.81 bits per heavy atom. The van der Waals surface area contributed by atoms with Gasteiger partial charge in [-0.3, -0.25) is 9.59 Å². The highest BCUT2D eigenvalue weighted by Crippen LogP contribution is 2.15. The number of para-hydroxylation sites is 1. The largest absolute Gasteiger partial charge is 0.389 e. The standard InChI is InChI=1S/C15H19N3O2S/c16-15(21)11-6-3-4-7-12(11)17-13(19)10-18-9-5-1-2-8-14(18)20/h3-4,6-7H,1-2,5,8-10H2,(H2,16,21)(H,17,19). The van der Waals surface area contributed by atoms with Crippen molar-refractivity contribution in [2.24, 2.45) is 5.73 Å². The molecule has 0 radical (unpaired) electrons. The predicted molar refractivity (Wildman–Crippen MR) is 86.0 cm³/mol. The van der Waals surface area contributed by atoms with Crippen molar-refractivity contribution in [2.45, 2.75) is 25.7 Å². The number of benzene rings is 1. The SMILES string of the molecule is NC(=S)c1ccccc1NC(=O)CN1CCCCCC1=O. The van der Waals surface area contributed by atoms with Gasteiger partial charge in [0.2, 0.25) is 11.8 Å². The Bertz CT molecular complexity index is 560. The number of likely N-dealkylation sites (tertiary alicyclic amines) is 1. The highest BCUT2D eigenvalue weighted by molar-refractivity contribution is 7.80. The Morgan fingerprint density at radius 2 is 2.05 bits per heavy atom. The Kier molecular flexibility index (Phi) is 5.27. The molecule has 1 fully saturated rings. The molecule has 21 heavy (non-hydrogen) atoms. The van der Waals surface area contributed by atoms with Gasteiger partial charge in [-0.25, -0.2) is 0 Å². The van der Waals surface area contributed by atoms with Gasteiger partial charge in [-0.15, -0.1) is 0 Å². The van der Waals surface area contributed by atoms with E-state index in [1.165, 1.54) is 0 Å². The maximum atomic E-state index is 12.1. The van der Waals surface area contributed by atoms with Gasteiger partial charge in [0.05, 0.1) is 12.2 Å². The summed E-state index contributed by atoms with van der Waals surface area (Å²) in [5.74, 6) is -0.181. The van der Waals surface area contributed by atoms with Crippen LogP contribution in [0.1, 0.15) is 31.2 Å². The van der Waals surface area contributed by atoms with Gasteiger partial charge >= 0.3 is 0 Å². The second-order valence-electron chi connectivity index (χ2n) is 5.08.